The van der Waals surface area contributed by atoms with Crippen LogP contribution in [0.25, 0.3) is 0 Å². The molecule has 0 aliphatic heterocycles. The number of ether oxygens (including phenoxy) is 1. The van der Waals surface area contributed by atoms with Crippen LogP contribution in [0, 0.1) is 0 Å². The molecule has 6 heteroatoms. The van der Waals surface area contributed by atoms with Crippen LogP contribution in [0.5, 0.6) is 5.75 Å². The van der Waals surface area contributed by atoms with Crippen LogP contribution < -0.4 is 15.8 Å². The number of amides is 1. The van der Waals surface area contributed by atoms with Gasteiger partial charge in [-0.25, -0.2) is 0 Å². The molecule has 1 aromatic carbocycles. The van der Waals surface area contributed by atoms with Gasteiger partial charge in [-0.05, 0) is 32.0 Å². The number of carbonyl (C=O) groups is 1. The van der Waals surface area contributed by atoms with Crippen LogP contribution in [0.3, 0.4) is 0 Å². The number of rotatable bonds is 5. The van der Waals surface area contributed by atoms with Crippen molar-refractivity contribution in [2.24, 2.45) is 5.73 Å². The van der Waals surface area contributed by atoms with E-state index in [9.17, 15) is 4.79 Å². The molecule has 0 aliphatic carbocycles. The van der Waals surface area contributed by atoms with Gasteiger partial charge < -0.3 is 15.8 Å². The quantitative estimate of drug-likeness (QED) is 0.865. The van der Waals surface area contributed by atoms with Crippen molar-refractivity contribution in [3.63, 3.8) is 0 Å². The lowest BCUT2D eigenvalue weighted by Crippen LogP contribution is -2.42. The first kappa shape index (κ1) is 17.2. The lowest BCUT2D eigenvalue weighted by molar-refractivity contribution is -0.122. The molecule has 2 atom stereocenters. The highest BCUT2D eigenvalue weighted by molar-refractivity contribution is 9.10. The number of benzene rings is 1. The SMILES string of the molecule is CC(CNC(=O)[C@@H](C)N)Oc1cccc(Br)c1.Cl. The third-order valence-electron chi connectivity index (χ3n) is 2.11. The fraction of sp³-hybridized carbons (Fsp3) is 0.417. The summed E-state index contributed by atoms with van der Waals surface area (Å²) in [4.78, 5) is 11.3. The van der Waals surface area contributed by atoms with Gasteiger partial charge in [0.25, 0.3) is 0 Å². The van der Waals surface area contributed by atoms with Crippen molar-refractivity contribution in [3.05, 3.63) is 28.7 Å². The smallest absolute Gasteiger partial charge is 0.236 e. The van der Waals surface area contributed by atoms with Gasteiger partial charge in [0.15, 0.2) is 0 Å². The van der Waals surface area contributed by atoms with Gasteiger partial charge in [0.1, 0.15) is 11.9 Å². The van der Waals surface area contributed by atoms with E-state index in [4.69, 9.17) is 10.5 Å². The molecular weight excluding hydrogens is 320 g/mol. The summed E-state index contributed by atoms with van der Waals surface area (Å²) in [7, 11) is 0. The summed E-state index contributed by atoms with van der Waals surface area (Å²) < 4.78 is 6.60. The monoisotopic (exact) mass is 336 g/mol. The zero-order valence-electron chi connectivity index (χ0n) is 10.4. The maximum absolute atomic E-state index is 11.3. The van der Waals surface area contributed by atoms with Crippen molar-refractivity contribution in [2.75, 3.05) is 6.54 Å². The van der Waals surface area contributed by atoms with Gasteiger partial charge in [0.05, 0.1) is 12.6 Å². The predicted octanol–water partition coefficient (Wildman–Crippen LogP) is 2.10. The Morgan fingerprint density at radius 2 is 2.17 bits per heavy atom. The Morgan fingerprint density at radius 3 is 2.72 bits per heavy atom. The van der Waals surface area contributed by atoms with E-state index in [1.807, 2.05) is 31.2 Å². The molecule has 0 fully saturated rings. The Labute approximate surface area is 122 Å². The normalized spacial score (nSPS) is 13.1. The van der Waals surface area contributed by atoms with Crippen molar-refractivity contribution in [1.29, 1.82) is 0 Å². The Bertz CT molecular complexity index is 388. The second-order valence-corrected chi connectivity index (χ2v) is 4.84. The van der Waals surface area contributed by atoms with Crippen LogP contribution in [0.2, 0.25) is 0 Å². The first-order chi connectivity index (χ1) is 7.99. The minimum atomic E-state index is -0.493. The third kappa shape index (κ3) is 6.23. The number of carbonyl (C=O) groups excluding carboxylic acids is 1. The highest BCUT2D eigenvalue weighted by Gasteiger charge is 2.09. The summed E-state index contributed by atoms with van der Waals surface area (Å²) in [6.07, 6.45) is -0.105. The summed E-state index contributed by atoms with van der Waals surface area (Å²) in [5.41, 5.74) is 5.44. The second-order valence-electron chi connectivity index (χ2n) is 3.92. The summed E-state index contributed by atoms with van der Waals surface area (Å²) >= 11 is 3.37. The molecule has 102 valence electrons. The van der Waals surface area contributed by atoms with Gasteiger partial charge in [-0.2, -0.15) is 0 Å². The molecule has 0 aromatic heterocycles. The highest BCUT2D eigenvalue weighted by atomic mass is 79.9. The van der Waals surface area contributed by atoms with Crippen molar-refractivity contribution in [3.8, 4) is 5.75 Å². The van der Waals surface area contributed by atoms with Gasteiger partial charge in [0, 0.05) is 4.47 Å². The number of nitrogens with two attached hydrogens (primary N) is 1. The zero-order valence-corrected chi connectivity index (χ0v) is 12.8. The third-order valence-corrected chi connectivity index (χ3v) is 2.60. The Hall–Kier alpha value is -0.780. The Balaban J connectivity index is 0.00000289. The largest absolute Gasteiger partial charge is 0.489 e. The highest BCUT2D eigenvalue weighted by Crippen LogP contribution is 2.18. The summed E-state index contributed by atoms with van der Waals surface area (Å²) in [6.45, 7) is 3.98. The standard InChI is InChI=1S/C12H17BrN2O2.ClH/c1-8(7-15-12(16)9(2)14)17-11-5-3-4-10(13)6-11;/h3-6,8-9H,7,14H2,1-2H3,(H,15,16);1H/t8?,9-;/m1./s1. The number of hydrogen-bond donors (Lipinski definition) is 2. The average molecular weight is 338 g/mol. The van der Waals surface area contributed by atoms with E-state index in [0.717, 1.165) is 10.2 Å². The van der Waals surface area contributed by atoms with Gasteiger partial charge in [-0.3, -0.25) is 4.79 Å². The zero-order chi connectivity index (χ0) is 12.8. The molecule has 1 amide bonds. The molecule has 0 heterocycles. The first-order valence-electron chi connectivity index (χ1n) is 5.44. The predicted molar refractivity (Wildman–Crippen MR) is 78.1 cm³/mol. The van der Waals surface area contributed by atoms with Crippen LogP contribution in [0.15, 0.2) is 28.7 Å². The molecule has 4 nitrogen and oxygen atoms in total. The molecule has 0 aliphatic rings. The fourth-order valence-corrected chi connectivity index (χ4v) is 1.60. The van der Waals surface area contributed by atoms with E-state index < -0.39 is 6.04 Å². The van der Waals surface area contributed by atoms with E-state index in [1.165, 1.54) is 0 Å². The summed E-state index contributed by atoms with van der Waals surface area (Å²) in [5, 5.41) is 2.72. The van der Waals surface area contributed by atoms with Crippen LogP contribution in [0.1, 0.15) is 13.8 Å². The minimum Gasteiger partial charge on any atom is -0.489 e. The van der Waals surface area contributed by atoms with Crippen LogP contribution in [-0.2, 0) is 4.79 Å². The minimum absolute atomic E-state index is 0. The topological polar surface area (TPSA) is 64.4 Å². The number of hydrogen-bond acceptors (Lipinski definition) is 3. The molecule has 0 saturated heterocycles. The second kappa shape index (κ2) is 8.34. The van der Waals surface area contributed by atoms with E-state index in [2.05, 4.69) is 21.2 Å². The number of halogens is 2. The first-order valence-corrected chi connectivity index (χ1v) is 6.24. The van der Waals surface area contributed by atoms with Crippen molar-refractivity contribution in [2.45, 2.75) is 26.0 Å². The van der Waals surface area contributed by atoms with Crippen LogP contribution in [0.4, 0.5) is 0 Å². The molecule has 18 heavy (non-hydrogen) atoms. The van der Waals surface area contributed by atoms with E-state index >= 15 is 0 Å². The summed E-state index contributed by atoms with van der Waals surface area (Å²) in [6, 6.07) is 7.08. The van der Waals surface area contributed by atoms with E-state index in [-0.39, 0.29) is 24.4 Å². The van der Waals surface area contributed by atoms with Crippen LogP contribution in [-0.4, -0.2) is 24.6 Å². The summed E-state index contributed by atoms with van der Waals surface area (Å²) in [5.74, 6) is 0.594. The average Bonchev–Trinajstić information content (AvgIpc) is 2.25. The van der Waals surface area contributed by atoms with Crippen molar-refractivity contribution < 1.29 is 9.53 Å². The van der Waals surface area contributed by atoms with Crippen LogP contribution >= 0.6 is 28.3 Å². The maximum atomic E-state index is 11.3. The van der Waals surface area contributed by atoms with Gasteiger partial charge in [-0.1, -0.05) is 22.0 Å². The molecule has 3 N–H and O–H groups in total. The maximum Gasteiger partial charge on any atom is 0.236 e. The van der Waals surface area contributed by atoms with Gasteiger partial charge >= 0.3 is 0 Å². The Kier molecular flexibility index (Phi) is 7.98. The van der Waals surface area contributed by atoms with E-state index in [0.29, 0.717) is 6.54 Å². The van der Waals surface area contributed by atoms with Gasteiger partial charge in [0.2, 0.25) is 5.91 Å². The molecule has 1 unspecified atom stereocenters. The van der Waals surface area contributed by atoms with Crippen molar-refractivity contribution >= 4 is 34.2 Å². The lowest BCUT2D eigenvalue weighted by atomic mass is 10.3. The molecule has 0 saturated carbocycles. The molecule has 0 radical (unpaired) electrons. The fourth-order valence-electron chi connectivity index (χ4n) is 1.22. The molecule has 1 aromatic rings. The van der Waals surface area contributed by atoms with Crippen molar-refractivity contribution in [1.82, 2.24) is 5.32 Å². The van der Waals surface area contributed by atoms with Gasteiger partial charge in [-0.15, -0.1) is 12.4 Å². The molecule has 0 spiro atoms. The molecule has 0 bridgehead atoms. The lowest BCUT2D eigenvalue weighted by Gasteiger charge is -2.16. The molecular formula is C12H18BrClN2O2. The Morgan fingerprint density at radius 1 is 1.50 bits per heavy atom. The molecule has 1 rings (SSSR count). The van der Waals surface area contributed by atoms with E-state index in [1.54, 1.807) is 6.92 Å². The number of nitrogens with one attached hydrogen (secondary N) is 1.